The quantitative estimate of drug-likeness (QED) is 0.298. The van der Waals surface area contributed by atoms with Gasteiger partial charge < -0.3 is 14.2 Å². The Morgan fingerprint density at radius 3 is 2.15 bits per heavy atom. The lowest BCUT2D eigenvalue weighted by Crippen LogP contribution is -2.37. The summed E-state index contributed by atoms with van der Waals surface area (Å²) in [6, 6.07) is 19.7. The first-order chi connectivity index (χ1) is 16.0. The van der Waals surface area contributed by atoms with Crippen LogP contribution in [0, 0.1) is 5.82 Å². The van der Waals surface area contributed by atoms with Crippen molar-refractivity contribution in [3.63, 3.8) is 0 Å². The molecule has 0 radical (unpaired) electrons. The van der Waals surface area contributed by atoms with Gasteiger partial charge in [-0.3, -0.25) is 4.90 Å². The largest absolute Gasteiger partial charge is 0.497 e. The fourth-order valence-corrected chi connectivity index (χ4v) is 3.73. The normalized spacial score (nSPS) is 12.1. The molecule has 0 aliphatic carbocycles. The Balaban J connectivity index is 1.64. The maximum Gasteiger partial charge on any atom is 0.123 e. The summed E-state index contributed by atoms with van der Waals surface area (Å²) in [6.45, 7) is 2.46. The van der Waals surface area contributed by atoms with Crippen LogP contribution in [0.15, 0.2) is 66.7 Å². The molecule has 0 spiro atoms. The third-order valence-corrected chi connectivity index (χ3v) is 6.05. The van der Waals surface area contributed by atoms with Gasteiger partial charge in [-0.05, 0) is 66.1 Å². The van der Waals surface area contributed by atoms with Crippen LogP contribution in [0.3, 0.4) is 0 Å². The molecule has 3 rings (SSSR count). The minimum Gasteiger partial charge on any atom is -0.497 e. The van der Waals surface area contributed by atoms with Gasteiger partial charge in [0.1, 0.15) is 30.0 Å². The van der Waals surface area contributed by atoms with E-state index in [0.717, 1.165) is 35.6 Å². The number of benzene rings is 3. The molecule has 0 saturated carbocycles. The molecule has 0 heterocycles. The summed E-state index contributed by atoms with van der Waals surface area (Å²) in [5, 5.41) is 1.08. The molecule has 0 amide bonds. The molecule has 0 bridgehead atoms. The minimum absolute atomic E-state index is 0.152. The van der Waals surface area contributed by atoms with Crippen molar-refractivity contribution >= 4 is 23.2 Å². The van der Waals surface area contributed by atoms with Gasteiger partial charge in [0.2, 0.25) is 0 Å². The standard InChI is InChI=1S/C26H28Cl2FNO3/c1-31-22-8-10-23(11-9-22)33-18-24(32-2)17-30(16-20-3-6-21(29)7-4-20)14-13-19-5-12-25(27)26(28)15-19/h3-12,15,24H,13-14,16-18H2,1-2H3. The molecule has 1 atom stereocenters. The third-order valence-electron chi connectivity index (χ3n) is 5.31. The van der Waals surface area contributed by atoms with Crippen molar-refractivity contribution in [3.05, 3.63) is 93.7 Å². The van der Waals surface area contributed by atoms with Crippen molar-refractivity contribution in [3.8, 4) is 11.5 Å². The molecule has 3 aromatic rings. The first-order valence-corrected chi connectivity index (χ1v) is 11.4. The van der Waals surface area contributed by atoms with E-state index in [9.17, 15) is 4.39 Å². The molecular weight excluding hydrogens is 464 g/mol. The highest BCUT2D eigenvalue weighted by Gasteiger charge is 2.16. The summed E-state index contributed by atoms with van der Waals surface area (Å²) in [7, 11) is 3.31. The van der Waals surface area contributed by atoms with Gasteiger partial charge in [0, 0.05) is 26.7 Å². The van der Waals surface area contributed by atoms with Gasteiger partial charge in [-0.25, -0.2) is 4.39 Å². The predicted molar refractivity (Wildman–Crippen MR) is 131 cm³/mol. The van der Waals surface area contributed by atoms with Crippen LogP contribution in [0.4, 0.5) is 4.39 Å². The smallest absolute Gasteiger partial charge is 0.123 e. The average Bonchev–Trinajstić information content (AvgIpc) is 2.83. The molecule has 0 aromatic heterocycles. The van der Waals surface area contributed by atoms with Gasteiger partial charge >= 0.3 is 0 Å². The molecule has 0 saturated heterocycles. The summed E-state index contributed by atoms with van der Waals surface area (Å²) < 4.78 is 30.2. The van der Waals surface area contributed by atoms with E-state index in [-0.39, 0.29) is 11.9 Å². The molecule has 4 nitrogen and oxygen atoms in total. The topological polar surface area (TPSA) is 30.9 Å². The molecule has 0 fully saturated rings. The fourth-order valence-electron chi connectivity index (χ4n) is 3.41. The third kappa shape index (κ3) is 8.20. The number of ether oxygens (including phenoxy) is 3. The number of hydrogen-bond donors (Lipinski definition) is 0. The highest BCUT2D eigenvalue weighted by Crippen LogP contribution is 2.23. The minimum atomic E-state index is -0.247. The molecule has 33 heavy (non-hydrogen) atoms. The van der Waals surface area contributed by atoms with Crippen LogP contribution in [0.5, 0.6) is 11.5 Å². The van der Waals surface area contributed by atoms with Crippen LogP contribution < -0.4 is 9.47 Å². The number of halogens is 3. The number of hydrogen-bond acceptors (Lipinski definition) is 4. The van der Waals surface area contributed by atoms with Gasteiger partial charge in [-0.2, -0.15) is 0 Å². The Kier molecular flexibility index (Phi) is 9.82. The van der Waals surface area contributed by atoms with Crippen LogP contribution >= 0.6 is 23.2 Å². The van der Waals surface area contributed by atoms with Crippen molar-refractivity contribution in [1.82, 2.24) is 4.90 Å². The van der Waals surface area contributed by atoms with Crippen molar-refractivity contribution in [2.24, 2.45) is 0 Å². The second kappa shape index (κ2) is 12.8. The monoisotopic (exact) mass is 491 g/mol. The van der Waals surface area contributed by atoms with Gasteiger partial charge in [0.25, 0.3) is 0 Å². The van der Waals surface area contributed by atoms with Crippen molar-refractivity contribution in [2.75, 3.05) is 33.9 Å². The molecule has 7 heteroatoms. The van der Waals surface area contributed by atoms with Crippen molar-refractivity contribution in [1.29, 1.82) is 0 Å². The van der Waals surface area contributed by atoms with Crippen LogP contribution in [0.1, 0.15) is 11.1 Å². The van der Waals surface area contributed by atoms with Gasteiger partial charge in [0.05, 0.1) is 17.2 Å². The maximum absolute atomic E-state index is 13.4. The molecule has 1 unspecified atom stereocenters. The Morgan fingerprint density at radius 1 is 0.848 bits per heavy atom. The zero-order chi connectivity index (χ0) is 23.6. The average molecular weight is 492 g/mol. The van der Waals surface area contributed by atoms with Crippen LogP contribution in [-0.4, -0.2) is 44.9 Å². The van der Waals surface area contributed by atoms with E-state index in [1.807, 2.05) is 42.5 Å². The Bertz CT molecular complexity index is 999. The van der Waals surface area contributed by atoms with E-state index in [2.05, 4.69) is 4.90 Å². The predicted octanol–water partition coefficient (Wildman–Crippen LogP) is 6.28. The van der Waals surface area contributed by atoms with E-state index < -0.39 is 0 Å². The number of methoxy groups -OCH3 is 2. The van der Waals surface area contributed by atoms with Gasteiger partial charge in [-0.15, -0.1) is 0 Å². The Morgan fingerprint density at radius 2 is 1.52 bits per heavy atom. The second-order valence-electron chi connectivity index (χ2n) is 7.70. The van der Waals surface area contributed by atoms with Gasteiger partial charge in [-0.1, -0.05) is 41.4 Å². The van der Waals surface area contributed by atoms with E-state index in [4.69, 9.17) is 37.4 Å². The molecule has 0 aliphatic heterocycles. The highest BCUT2D eigenvalue weighted by molar-refractivity contribution is 6.42. The maximum atomic E-state index is 13.4. The second-order valence-corrected chi connectivity index (χ2v) is 8.52. The highest BCUT2D eigenvalue weighted by atomic mass is 35.5. The van der Waals surface area contributed by atoms with E-state index >= 15 is 0 Å². The fraction of sp³-hybridized carbons (Fsp3) is 0.308. The molecule has 3 aromatic carbocycles. The molecule has 0 N–H and O–H groups in total. The lowest BCUT2D eigenvalue weighted by atomic mass is 10.1. The summed E-state index contributed by atoms with van der Waals surface area (Å²) in [6.07, 6.45) is 0.634. The Labute approximate surface area is 204 Å². The summed E-state index contributed by atoms with van der Waals surface area (Å²) in [5.74, 6) is 1.28. The van der Waals surface area contributed by atoms with Crippen molar-refractivity contribution < 1.29 is 18.6 Å². The number of nitrogens with zero attached hydrogens (tertiary/aromatic N) is 1. The molecule has 0 aliphatic rings. The van der Waals surface area contributed by atoms with Crippen LogP contribution in [0.25, 0.3) is 0 Å². The zero-order valence-electron chi connectivity index (χ0n) is 18.8. The Hall–Kier alpha value is -2.31. The van der Waals surface area contributed by atoms with Gasteiger partial charge in [0.15, 0.2) is 0 Å². The summed E-state index contributed by atoms with van der Waals surface area (Å²) in [4.78, 5) is 2.27. The lowest BCUT2D eigenvalue weighted by Gasteiger charge is -2.27. The number of rotatable bonds is 12. The molecule has 176 valence electrons. The zero-order valence-corrected chi connectivity index (χ0v) is 20.3. The van der Waals surface area contributed by atoms with Crippen LogP contribution in [-0.2, 0) is 17.7 Å². The van der Waals surface area contributed by atoms with E-state index in [1.54, 1.807) is 26.4 Å². The molecular formula is C26H28Cl2FNO3. The van der Waals surface area contributed by atoms with E-state index in [1.165, 1.54) is 12.1 Å². The first-order valence-electron chi connectivity index (χ1n) is 10.7. The van der Waals surface area contributed by atoms with Crippen molar-refractivity contribution in [2.45, 2.75) is 19.1 Å². The summed E-state index contributed by atoms with van der Waals surface area (Å²) >= 11 is 12.2. The summed E-state index contributed by atoms with van der Waals surface area (Å²) in [5.41, 5.74) is 2.12. The SMILES string of the molecule is COc1ccc(OCC(CN(CCc2ccc(Cl)c(Cl)c2)Cc2ccc(F)cc2)OC)cc1. The van der Waals surface area contributed by atoms with E-state index in [0.29, 0.717) is 29.7 Å². The van der Waals surface area contributed by atoms with Crippen LogP contribution in [0.2, 0.25) is 10.0 Å². The first kappa shape index (κ1) is 25.3. The lowest BCUT2D eigenvalue weighted by molar-refractivity contribution is 0.0276.